The van der Waals surface area contributed by atoms with Gasteiger partial charge in [0.25, 0.3) is 0 Å². The maximum Gasteiger partial charge on any atom is 0.227 e. The van der Waals surface area contributed by atoms with Crippen molar-refractivity contribution in [2.24, 2.45) is 0 Å². The van der Waals surface area contributed by atoms with Crippen molar-refractivity contribution in [2.45, 2.75) is 19.3 Å². The molecular weight excluding hydrogens is 330 g/mol. The van der Waals surface area contributed by atoms with Gasteiger partial charge in [-0.15, -0.1) is 21.5 Å². The molecule has 0 saturated heterocycles. The van der Waals surface area contributed by atoms with Crippen LogP contribution in [0.1, 0.15) is 23.5 Å². The molecule has 0 fully saturated rings. The van der Waals surface area contributed by atoms with Crippen molar-refractivity contribution < 1.29 is 4.79 Å². The number of aromatic amines is 1. The van der Waals surface area contributed by atoms with Crippen LogP contribution in [-0.2, 0) is 11.2 Å². The van der Waals surface area contributed by atoms with Gasteiger partial charge in [-0.3, -0.25) is 4.79 Å². The average molecular weight is 344 g/mol. The van der Waals surface area contributed by atoms with Gasteiger partial charge in [0.1, 0.15) is 0 Å². The first kappa shape index (κ1) is 14.1. The van der Waals surface area contributed by atoms with Crippen molar-refractivity contribution in [1.82, 2.24) is 25.5 Å². The number of H-pyrrole nitrogens is 1. The van der Waals surface area contributed by atoms with Gasteiger partial charge in [-0.25, -0.2) is 0 Å². The number of nitrogens with one attached hydrogen (secondary N) is 1. The Bertz CT molecular complexity index is 541. The molecule has 1 unspecified atom stereocenters. The standard InChI is InChI=1S/C11H14BrN5OS/c1-7(11-13-15-16-14-11)6-17(2)10(18)5-8-3-4-9(12)19-8/h3-4,7H,5-6H2,1-2H3,(H,13,14,15,16). The Hall–Kier alpha value is -1.28. The average Bonchev–Trinajstić information content (AvgIpc) is 3.00. The SMILES string of the molecule is CC(CN(C)C(=O)Cc1ccc(Br)s1)c1nn[nH]n1. The van der Waals surface area contributed by atoms with Crippen molar-refractivity contribution in [1.29, 1.82) is 0 Å². The minimum absolute atomic E-state index is 0.0581. The highest BCUT2D eigenvalue weighted by Gasteiger charge is 2.17. The number of rotatable bonds is 5. The van der Waals surface area contributed by atoms with Crippen LogP contribution in [0.3, 0.4) is 0 Å². The van der Waals surface area contributed by atoms with Crippen LogP contribution in [0.15, 0.2) is 15.9 Å². The first-order valence-corrected chi connectivity index (χ1v) is 7.38. The Morgan fingerprint density at radius 2 is 2.37 bits per heavy atom. The lowest BCUT2D eigenvalue weighted by Gasteiger charge is -2.19. The molecular formula is C11H14BrN5OS. The maximum absolute atomic E-state index is 12.1. The minimum atomic E-state index is 0.0581. The molecule has 1 amide bonds. The predicted octanol–water partition coefficient (Wildman–Crippen LogP) is 1.83. The van der Waals surface area contributed by atoms with Crippen LogP contribution in [0, 0.1) is 0 Å². The Labute approximate surface area is 123 Å². The molecule has 0 aliphatic carbocycles. The Morgan fingerprint density at radius 1 is 1.58 bits per heavy atom. The summed E-state index contributed by atoms with van der Waals surface area (Å²) in [6, 6.07) is 3.92. The van der Waals surface area contributed by atoms with Gasteiger partial charge in [-0.05, 0) is 28.1 Å². The molecule has 2 heterocycles. The summed E-state index contributed by atoms with van der Waals surface area (Å²) in [5.74, 6) is 0.769. The molecule has 6 nitrogen and oxygen atoms in total. The van der Waals surface area contributed by atoms with E-state index in [4.69, 9.17) is 0 Å². The molecule has 0 bridgehead atoms. The summed E-state index contributed by atoms with van der Waals surface area (Å²) in [4.78, 5) is 14.8. The number of hydrogen-bond donors (Lipinski definition) is 1. The van der Waals surface area contributed by atoms with E-state index in [2.05, 4.69) is 36.6 Å². The van der Waals surface area contributed by atoms with E-state index in [0.717, 1.165) is 8.66 Å². The number of halogens is 1. The van der Waals surface area contributed by atoms with Crippen LogP contribution in [0.4, 0.5) is 0 Å². The quantitative estimate of drug-likeness (QED) is 0.898. The Kier molecular flexibility index (Phi) is 4.65. The number of aromatic nitrogens is 4. The van der Waals surface area contributed by atoms with Crippen LogP contribution in [0.25, 0.3) is 0 Å². The van der Waals surface area contributed by atoms with Gasteiger partial charge in [-0.1, -0.05) is 12.1 Å². The van der Waals surface area contributed by atoms with E-state index in [1.807, 2.05) is 19.1 Å². The summed E-state index contributed by atoms with van der Waals surface area (Å²) in [5.41, 5.74) is 0. The van der Waals surface area contributed by atoms with E-state index in [-0.39, 0.29) is 11.8 Å². The highest BCUT2D eigenvalue weighted by Crippen LogP contribution is 2.23. The molecule has 19 heavy (non-hydrogen) atoms. The molecule has 1 N–H and O–H groups in total. The fourth-order valence-electron chi connectivity index (χ4n) is 1.70. The lowest BCUT2D eigenvalue weighted by molar-refractivity contribution is -0.129. The van der Waals surface area contributed by atoms with E-state index < -0.39 is 0 Å². The summed E-state index contributed by atoms with van der Waals surface area (Å²) in [6.07, 6.45) is 0.422. The lowest BCUT2D eigenvalue weighted by atomic mass is 10.1. The fraction of sp³-hybridized carbons (Fsp3) is 0.455. The van der Waals surface area contributed by atoms with E-state index in [0.29, 0.717) is 18.8 Å². The molecule has 2 rings (SSSR count). The molecule has 1 atom stereocenters. The number of hydrogen-bond acceptors (Lipinski definition) is 5. The second-order valence-electron chi connectivity index (χ2n) is 4.33. The summed E-state index contributed by atoms with van der Waals surface area (Å²) >= 11 is 4.97. The van der Waals surface area contributed by atoms with E-state index in [1.165, 1.54) is 0 Å². The first-order valence-electron chi connectivity index (χ1n) is 5.77. The number of carbonyl (C=O) groups excluding carboxylic acids is 1. The van der Waals surface area contributed by atoms with Crippen molar-refractivity contribution in [3.05, 3.63) is 26.6 Å². The molecule has 102 valence electrons. The summed E-state index contributed by atoms with van der Waals surface area (Å²) in [5, 5.41) is 13.8. The molecule has 0 aliphatic rings. The molecule has 8 heteroatoms. The highest BCUT2D eigenvalue weighted by molar-refractivity contribution is 9.11. The summed E-state index contributed by atoms with van der Waals surface area (Å²) in [7, 11) is 1.79. The van der Waals surface area contributed by atoms with Crippen LogP contribution in [-0.4, -0.2) is 45.0 Å². The molecule has 0 spiro atoms. The zero-order chi connectivity index (χ0) is 13.8. The number of thiophene rings is 1. The van der Waals surface area contributed by atoms with Crippen molar-refractivity contribution in [3.63, 3.8) is 0 Å². The highest BCUT2D eigenvalue weighted by atomic mass is 79.9. The smallest absolute Gasteiger partial charge is 0.227 e. The molecule has 0 saturated carbocycles. The second-order valence-corrected chi connectivity index (χ2v) is 6.88. The molecule has 2 aromatic rings. The van der Waals surface area contributed by atoms with E-state index >= 15 is 0 Å². The van der Waals surface area contributed by atoms with Gasteiger partial charge < -0.3 is 4.90 Å². The van der Waals surface area contributed by atoms with E-state index in [1.54, 1.807) is 23.3 Å². The summed E-state index contributed by atoms with van der Waals surface area (Å²) < 4.78 is 1.04. The lowest BCUT2D eigenvalue weighted by Crippen LogP contribution is -2.31. The van der Waals surface area contributed by atoms with Gasteiger partial charge in [-0.2, -0.15) is 5.21 Å². The fourth-order valence-corrected chi connectivity index (χ4v) is 3.18. The number of nitrogens with zero attached hydrogens (tertiary/aromatic N) is 4. The molecule has 0 radical (unpaired) electrons. The zero-order valence-corrected chi connectivity index (χ0v) is 13.0. The topological polar surface area (TPSA) is 74.8 Å². The number of likely N-dealkylation sites (N-methyl/N-ethyl adjacent to an activating group) is 1. The monoisotopic (exact) mass is 343 g/mol. The van der Waals surface area contributed by atoms with Crippen LogP contribution < -0.4 is 0 Å². The molecule has 0 aromatic carbocycles. The third-order valence-electron chi connectivity index (χ3n) is 2.73. The Morgan fingerprint density at radius 3 is 2.95 bits per heavy atom. The normalized spacial score (nSPS) is 12.4. The third kappa shape index (κ3) is 3.84. The third-order valence-corrected chi connectivity index (χ3v) is 4.35. The van der Waals surface area contributed by atoms with E-state index in [9.17, 15) is 4.79 Å². The summed E-state index contributed by atoms with van der Waals surface area (Å²) in [6.45, 7) is 2.54. The van der Waals surface area contributed by atoms with Gasteiger partial charge in [0, 0.05) is 24.4 Å². The largest absolute Gasteiger partial charge is 0.345 e. The van der Waals surface area contributed by atoms with Gasteiger partial charge in [0.2, 0.25) is 5.91 Å². The van der Waals surface area contributed by atoms with Crippen LogP contribution >= 0.6 is 27.3 Å². The van der Waals surface area contributed by atoms with Crippen molar-refractivity contribution in [3.8, 4) is 0 Å². The molecule has 0 aliphatic heterocycles. The number of carbonyl (C=O) groups is 1. The van der Waals surface area contributed by atoms with Crippen molar-refractivity contribution >= 4 is 33.2 Å². The maximum atomic E-state index is 12.1. The van der Waals surface area contributed by atoms with Gasteiger partial charge in [0.05, 0.1) is 10.2 Å². The van der Waals surface area contributed by atoms with Crippen molar-refractivity contribution in [2.75, 3.05) is 13.6 Å². The Balaban J connectivity index is 1.89. The minimum Gasteiger partial charge on any atom is -0.345 e. The predicted molar refractivity (Wildman–Crippen MR) is 76.0 cm³/mol. The number of amides is 1. The first-order chi connectivity index (χ1) is 9.06. The van der Waals surface area contributed by atoms with Crippen LogP contribution in [0.5, 0.6) is 0 Å². The van der Waals surface area contributed by atoms with Crippen LogP contribution in [0.2, 0.25) is 0 Å². The van der Waals surface area contributed by atoms with Gasteiger partial charge in [0.15, 0.2) is 5.82 Å². The zero-order valence-electron chi connectivity index (χ0n) is 10.6. The van der Waals surface area contributed by atoms with Gasteiger partial charge >= 0.3 is 0 Å². The second kappa shape index (κ2) is 6.25. The number of tetrazole rings is 1. The molecule has 2 aromatic heterocycles.